The number of ether oxygens (including phenoxy) is 1. The molecule has 4 heteroatoms. The SMILES string of the molecule is CCCC[C@H](N)C(=O)N1CC(Oc2c(C)cccc2C)C1. The molecule has 0 unspecified atom stereocenters. The van der Waals surface area contributed by atoms with Crippen LogP contribution >= 0.6 is 0 Å². The Morgan fingerprint density at radius 2 is 2.00 bits per heavy atom. The molecule has 1 aliphatic rings. The van der Waals surface area contributed by atoms with E-state index in [0.717, 1.165) is 36.1 Å². The smallest absolute Gasteiger partial charge is 0.239 e. The summed E-state index contributed by atoms with van der Waals surface area (Å²) in [6.45, 7) is 7.49. The van der Waals surface area contributed by atoms with Crippen LogP contribution in [0.4, 0.5) is 0 Å². The van der Waals surface area contributed by atoms with Gasteiger partial charge in [0.25, 0.3) is 0 Å². The molecule has 0 radical (unpaired) electrons. The van der Waals surface area contributed by atoms with Crippen molar-refractivity contribution in [3.63, 3.8) is 0 Å². The standard InChI is InChI=1S/C17H26N2O2/c1-4-5-9-15(18)17(20)19-10-14(11-19)21-16-12(2)7-6-8-13(16)3/h6-8,14-15H,4-5,9-11,18H2,1-3H3/t15-/m0/s1. The average Bonchev–Trinajstić information content (AvgIpc) is 2.41. The molecule has 0 spiro atoms. The molecule has 0 bridgehead atoms. The van der Waals surface area contributed by atoms with Crippen molar-refractivity contribution in [1.82, 2.24) is 4.90 Å². The summed E-state index contributed by atoms with van der Waals surface area (Å²) in [4.78, 5) is 13.9. The van der Waals surface area contributed by atoms with Gasteiger partial charge in [0.05, 0.1) is 19.1 Å². The highest BCUT2D eigenvalue weighted by Gasteiger charge is 2.34. The number of amides is 1. The molecule has 1 aromatic carbocycles. The third kappa shape index (κ3) is 3.76. The molecule has 1 amide bonds. The second-order valence-electron chi connectivity index (χ2n) is 5.95. The Balaban J connectivity index is 1.83. The van der Waals surface area contributed by atoms with E-state index in [1.54, 1.807) is 4.90 Å². The van der Waals surface area contributed by atoms with Gasteiger partial charge in [-0.2, -0.15) is 0 Å². The number of benzene rings is 1. The van der Waals surface area contributed by atoms with E-state index in [1.165, 1.54) is 0 Å². The zero-order chi connectivity index (χ0) is 15.4. The number of nitrogens with two attached hydrogens (primary N) is 1. The van der Waals surface area contributed by atoms with Gasteiger partial charge in [0.15, 0.2) is 0 Å². The van der Waals surface area contributed by atoms with Crippen molar-refractivity contribution in [2.24, 2.45) is 5.73 Å². The molecule has 1 aliphatic heterocycles. The van der Waals surface area contributed by atoms with Crippen molar-refractivity contribution in [2.75, 3.05) is 13.1 Å². The maximum absolute atomic E-state index is 12.1. The molecule has 116 valence electrons. The number of para-hydroxylation sites is 1. The first-order chi connectivity index (χ1) is 10.0. The molecule has 21 heavy (non-hydrogen) atoms. The number of nitrogens with zero attached hydrogens (tertiary/aromatic N) is 1. The van der Waals surface area contributed by atoms with Crippen LogP contribution in [0.5, 0.6) is 5.75 Å². The number of carbonyl (C=O) groups is 1. The van der Waals surface area contributed by atoms with E-state index in [-0.39, 0.29) is 18.1 Å². The quantitative estimate of drug-likeness (QED) is 0.875. The van der Waals surface area contributed by atoms with Gasteiger partial charge in [0.1, 0.15) is 11.9 Å². The lowest BCUT2D eigenvalue weighted by Gasteiger charge is -2.40. The van der Waals surface area contributed by atoms with Gasteiger partial charge >= 0.3 is 0 Å². The van der Waals surface area contributed by atoms with Gasteiger partial charge in [-0.3, -0.25) is 4.79 Å². The second kappa shape index (κ2) is 6.94. The molecule has 0 aromatic heterocycles. The molecule has 1 heterocycles. The van der Waals surface area contributed by atoms with Gasteiger partial charge in [0, 0.05) is 0 Å². The zero-order valence-electron chi connectivity index (χ0n) is 13.3. The molecule has 1 fully saturated rings. The van der Waals surface area contributed by atoms with Gasteiger partial charge in [0.2, 0.25) is 5.91 Å². The van der Waals surface area contributed by atoms with Gasteiger partial charge < -0.3 is 15.4 Å². The maximum atomic E-state index is 12.1. The van der Waals surface area contributed by atoms with Crippen LogP contribution in [0.2, 0.25) is 0 Å². The van der Waals surface area contributed by atoms with Crippen molar-refractivity contribution in [3.05, 3.63) is 29.3 Å². The minimum Gasteiger partial charge on any atom is -0.486 e. The summed E-state index contributed by atoms with van der Waals surface area (Å²) in [5, 5.41) is 0. The fourth-order valence-corrected chi connectivity index (χ4v) is 2.63. The molecule has 1 aromatic rings. The fraction of sp³-hybridized carbons (Fsp3) is 0.588. The minimum atomic E-state index is -0.355. The second-order valence-corrected chi connectivity index (χ2v) is 5.95. The Labute approximate surface area is 127 Å². The first kappa shape index (κ1) is 15.8. The van der Waals surface area contributed by atoms with Crippen LogP contribution in [0.1, 0.15) is 37.3 Å². The normalized spacial score (nSPS) is 16.5. The van der Waals surface area contributed by atoms with Crippen LogP contribution in [0, 0.1) is 13.8 Å². The lowest BCUT2D eigenvalue weighted by molar-refractivity contribution is -0.141. The van der Waals surface area contributed by atoms with Crippen LogP contribution in [0.3, 0.4) is 0 Å². The highest BCUT2D eigenvalue weighted by atomic mass is 16.5. The molecule has 4 nitrogen and oxygen atoms in total. The van der Waals surface area contributed by atoms with E-state index in [2.05, 4.69) is 6.92 Å². The van der Waals surface area contributed by atoms with Crippen molar-refractivity contribution >= 4 is 5.91 Å². The van der Waals surface area contributed by atoms with Gasteiger partial charge in [-0.15, -0.1) is 0 Å². The summed E-state index contributed by atoms with van der Waals surface area (Å²) < 4.78 is 6.02. The first-order valence-corrected chi connectivity index (χ1v) is 7.80. The molecule has 0 saturated carbocycles. The predicted octanol–water partition coefficient (Wildman–Crippen LogP) is 2.41. The summed E-state index contributed by atoms with van der Waals surface area (Å²) in [5.74, 6) is 1.01. The molecule has 1 saturated heterocycles. The van der Waals surface area contributed by atoms with Crippen molar-refractivity contribution < 1.29 is 9.53 Å². The van der Waals surface area contributed by atoms with E-state index < -0.39 is 0 Å². The van der Waals surface area contributed by atoms with E-state index in [9.17, 15) is 4.79 Å². The molecular weight excluding hydrogens is 264 g/mol. The van der Waals surface area contributed by atoms with Gasteiger partial charge in [-0.25, -0.2) is 0 Å². The number of unbranched alkanes of at least 4 members (excludes halogenated alkanes) is 1. The number of hydrogen-bond donors (Lipinski definition) is 1. The van der Waals surface area contributed by atoms with Crippen LogP contribution in [-0.2, 0) is 4.79 Å². The molecule has 2 rings (SSSR count). The van der Waals surface area contributed by atoms with Crippen LogP contribution in [0.25, 0.3) is 0 Å². The minimum absolute atomic E-state index is 0.0600. The average molecular weight is 290 g/mol. The highest BCUT2D eigenvalue weighted by molar-refractivity contribution is 5.82. The zero-order valence-corrected chi connectivity index (χ0v) is 13.3. The maximum Gasteiger partial charge on any atom is 0.239 e. The Morgan fingerprint density at radius 3 is 2.57 bits per heavy atom. The molecule has 1 atom stereocenters. The molecule has 2 N–H and O–H groups in total. The lowest BCUT2D eigenvalue weighted by Crippen LogP contribution is -2.59. The fourth-order valence-electron chi connectivity index (χ4n) is 2.63. The number of carbonyl (C=O) groups excluding carboxylic acids is 1. The summed E-state index contributed by atoms with van der Waals surface area (Å²) >= 11 is 0. The van der Waals surface area contributed by atoms with Crippen LogP contribution in [0.15, 0.2) is 18.2 Å². The Hall–Kier alpha value is -1.55. The largest absolute Gasteiger partial charge is 0.486 e. The van der Waals surface area contributed by atoms with E-state index in [0.29, 0.717) is 13.1 Å². The summed E-state index contributed by atoms with van der Waals surface area (Å²) in [6.07, 6.45) is 2.93. The van der Waals surface area contributed by atoms with E-state index in [1.807, 2.05) is 32.0 Å². The van der Waals surface area contributed by atoms with E-state index >= 15 is 0 Å². The Bertz CT molecular complexity index is 475. The third-order valence-electron chi connectivity index (χ3n) is 4.04. The number of rotatable bonds is 6. The Morgan fingerprint density at radius 1 is 1.38 bits per heavy atom. The number of aryl methyl sites for hydroxylation is 2. The van der Waals surface area contributed by atoms with Gasteiger partial charge in [-0.1, -0.05) is 38.0 Å². The van der Waals surface area contributed by atoms with Crippen LogP contribution in [-0.4, -0.2) is 36.0 Å². The highest BCUT2D eigenvalue weighted by Crippen LogP contribution is 2.26. The van der Waals surface area contributed by atoms with Gasteiger partial charge in [-0.05, 0) is 31.4 Å². The lowest BCUT2D eigenvalue weighted by atomic mass is 10.1. The van der Waals surface area contributed by atoms with Crippen LogP contribution < -0.4 is 10.5 Å². The summed E-state index contributed by atoms with van der Waals surface area (Å²) in [5.41, 5.74) is 8.20. The van der Waals surface area contributed by atoms with Crippen molar-refractivity contribution in [3.8, 4) is 5.75 Å². The van der Waals surface area contributed by atoms with E-state index in [4.69, 9.17) is 10.5 Å². The molecule has 0 aliphatic carbocycles. The number of hydrogen-bond acceptors (Lipinski definition) is 3. The summed E-state index contributed by atoms with van der Waals surface area (Å²) in [6, 6.07) is 5.77. The van der Waals surface area contributed by atoms with Crippen molar-refractivity contribution in [2.45, 2.75) is 52.2 Å². The Kier molecular flexibility index (Phi) is 5.23. The predicted molar refractivity (Wildman–Crippen MR) is 84.4 cm³/mol. The summed E-state index contributed by atoms with van der Waals surface area (Å²) in [7, 11) is 0. The van der Waals surface area contributed by atoms with Crippen molar-refractivity contribution in [1.29, 1.82) is 0 Å². The third-order valence-corrected chi connectivity index (χ3v) is 4.04. The topological polar surface area (TPSA) is 55.6 Å². The molecular formula is C17H26N2O2. The first-order valence-electron chi connectivity index (χ1n) is 7.80. The monoisotopic (exact) mass is 290 g/mol. The number of likely N-dealkylation sites (tertiary alicyclic amines) is 1.